The largest absolute Gasteiger partial charge is 0.419 e. The standard InChI is InChI=1S/C24H22N4O2S3/c1-3-17-14-18-22(33-17)25-24(28(23(18)29)12-11-16-8-5-4-6-9-16)32-15(2)20-26-27-21(30-20)19-10-7-13-31-19/h4-10,13-15H,3,11-12H2,1-2H3. The molecular weight excluding hydrogens is 472 g/mol. The van der Waals surface area contributed by atoms with E-state index >= 15 is 0 Å². The number of hydrogen-bond acceptors (Lipinski definition) is 8. The van der Waals surface area contributed by atoms with Gasteiger partial charge in [0.2, 0.25) is 5.89 Å². The molecule has 0 bridgehead atoms. The van der Waals surface area contributed by atoms with Crippen LogP contribution in [0, 0.1) is 0 Å². The Morgan fingerprint density at radius 3 is 2.76 bits per heavy atom. The number of thioether (sulfide) groups is 1. The highest BCUT2D eigenvalue weighted by Crippen LogP contribution is 2.36. The molecule has 0 radical (unpaired) electrons. The summed E-state index contributed by atoms with van der Waals surface area (Å²) in [5.74, 6) is 1.04. The van der Waals surface area contributed by atoms with Gasteiger partial charge >= 0.3 is 0 Å². The summed E-state index contributed by atoms with van der Waals surface area (Å²) < 4.78 is 7.72. The van der Waals surface area contributed by atoms with E-state index in [0.717, 1.165) is 27.4 Å². The zero-order valence-corrected chi connectivity index (χ0v) is 20.7. The van der Waals surface area contributed by atoms with E-state index in [2.05, 4.69) is 29.3 Å². The van der Waals surface area contributed by atoms with Gasteiger partial charge in [-0.1, -0.05) is 55.1 Å². The van der Waals surface area contributed by atoms with Gasteiger partial charge in [0.25, 0.3) is 11.4 Å². The zero-order valence-electron chi connectivity index (χ0n) is 18.2. The lowest BCUT2D eigenvalue weighted by Crippen LogP contribution is -2.24. The molecule has 1 unspecified atom stereocenters. The van der Waals surface area contributed by atoms with Crippen molar-refractivity contribution in [2.45, 2.75) is 43.6 Å². The van der Waals surface area contributed by atoms with Gasteiger partial charge in [0, 0.05) is 11.4 Å². The molecule has 33 heavy (non-hydrogen) atoms. The van der Waals surface area contributed by atoms with Crippen molar-refractivity contribution in [3.05, 3.63) is 80.6 Å². The molecule has 0 aliphatic heterocycles. The van der Waals surface area contributed by atoms with Crippen molar-refractivity contribution in [1.29, 1.82) is 0 Å². The van der Waals surface area contributed by atoms with Crippen molar-refractivity contribution in [2.24, 2.45) is 0 Å². The van der Waals surface area contributed by atoms with Crippen LogP contribution in [-0.4, -0.2) is 19.7 Å². The summed E-state index contributed by atoms with van der Waals surface area (Å²) in [6, 6.07) is 16.1. The maximum atomic E-state index is 13.4. The van der Waals surface area contributed by atoms with Crippen LogP contribution in [0.15, 0.2) is 68.3 Å². The number of rotatable bonds is 8. The van der Waals surface area contributed by atoms with Gasteiger partial charge in [-0.05, 0) is 42.8 Å². The first-order valence-electron chi connectivity index (χ1n) is 10.7. The minimum Gasteiger partial charge on any atom is -0.419 e. The van der Waals surface area contributed by atoms with Crippen molar-refractivity contribution in [2.75, 3.05) is 0 Å². The molecule has 1 atom stereocenters. The van der Waals surface area contributed by atoms with Crippen LogP contribution in [0.4, 0.5) is 0 Å². The van der Waals surface area contributed by atoms with Crippen LogP contribution >= 0.6 is 34.4 Å². The van der Waals surface area contributed by atoms with E-state index in [1.54, 1.807) is 27.2 Å². The first-order chi connectivity index (χ1) is 16.1. The molecule has 0 fully saturated rings. The molecule has 4 heterocycles. The Labute approximate surface area is 203 Å². The van der Waals surface area contributed by atoms with Crippen LogP contribution in [0.25, 0.3) is 21.0 Å². The maximum Gasteiger partial charge on any atom is 0.262 e. The molecule has 0 spiro atoms. The van der Waals surface area contributed by atoms with Gasteiger partial charge < -0.3 is 4.42 Å². The van der Waals surface area contributed by atoms with E-state index in [1.807, 2.05) is 48.7 Å². The van der Waals surface area contributed by atoms with E-state index in [-0.39, 0.29) is 10.8 Å². The molecule has 9 heteroatoms. The average molecular weight is 495 g/mol. The Bertz CT molecular complexity index is 1420. The highest BCUT2D eigenvalue weighted by atomic mass is 32.2. The van der Waals surface area contributed by atoms with Crippen molar-refractivity contribution >= 4 is 44.7 Å². The molecule has 4 aromatic heterocycles. The van der Waals surface area contributed by atoms with Gasteiger partial charge in [0.05, 0.1) is 15.5 Å². The van der Waals surface area contributed by atoms with Crippen LogP contribution in [-0.2, 0) is 19.4 Å². The monoisotopic (exact) mass is 494 g/mol. The number of fused-ring (bicyclic) bond motifs is 1. The second-order valence-corrected chi connectivity index (χ2v) is 10.9. The number of thiophene rings is 2. The van der Waals surface area contributed by atoms with Gasteiger partial charge in [0.1, 0.15) is 4.83 Å². The van der Waals surface area contributed by atoms with E-state index < -0.39 is 0 Å². The Balaban J connectivity index is 1.48. The normalized spacial score (nSPS) is 12.4. The van der Waals surface area contributed by atoms with Crippen LogP contribution in [0.2, 0.25) is 0 Å². The van der Waals surface area contributed by atoms with Gasteiger partial charge in [-0.2, -0.15) is 0 Å². The Kier molecular flexibility index (Phi) is 6.43. The first kappa shape index (κ1) is 22.1. The summed E-state index contributed by atoms with van der Waals surface area (Å²) in [6.45, 7) is 4.65. The first-order valence-corrected chi connectivity index (χ1v) is 13.3. The van der Waals surface area contributed by atoms with Crippen molar-refractivity contribution in [3.8, 4) is 10.8 Å². The topological polar surface area (TPSA) is 73.8 Å². The fraction of sp³-hybridized carbons (Fsp3) is 0.250. The molecule has 0 aliphatic carbocycles. The summed E-state index contributed by atoms with van der Waals surface area (Å²) in [5, 5.41) is 11.6. The number of hydrogen-bond donors (Lipinski definition) is 0. The second-order valence-electron chi connectivity index (χ2n) is 7.55. The number of aryl methyl sites for hydroxylation is 2. The van der Waals surface area contributed by atoms with Gasteiger partial charge in [-0.15, -0.1) is 32.9 Å². The predicted octanol–water partition coefficient (Wildman–Crippen LogP) is 6.23. The summed E-state index contributed by atoms with van der Waals surface area (Å²) >= 11 is 4.63. The minimum atomic E-state index is -0.149. The third-order valence-electron chi connectivity index (χ3n) is 5.29. The second kappa shape index (κ2) is 9.62. The van der Waals surface area contributed by atoms with Gasteiger partial charge in [0.15, 0.2) is 5.16 Å². The van der Waals surface area contributed by atoms with E-state index in [0.29, 0.717) is 28.9 Å². The lowest BCUT2D eigenvalue weighted by molar-refractivity contribution is 0.509. The third-order valence-corrected chi connectivity index (χ3v) is 8.39. The zero-order chi connectivity index (χ0) is 22.8. The Morgan fingerprint density at radius 2 is 2.00 bits per heavy atom. The average Bonchev–Trinajstić information content (AvgIpc) is 3.59. The molecule has 0 amide bonds. The SMILES string of the molecule is CCc1cc2c(=O)n(CCc3ccccc3)c(SC(C)c3nnc(-c4cccs4)o3)nc2s1. The summed E-state index contributed by atoms with van der Waals surface area (Å²) in [6.07, 6.45) is 1.64. The molecule has 0 N–H and O–H groups in total. The molecule has 0 aliphatic rings. The molecule has 0 saturated carbocycles. The number of benzene rings is 1. The van der Waals surface area contributed by atoms with Crippen molar-refractivity contribution in [1.82, 2.24) is 19.7 Å². The molecule has 0 saturated heterocycles. The molecule has 168 valence electrons. The lowest BCUT2D eigenvalue weighted by Gasteiger charge is -2.14. The fourth-order valence-electron chi connectivity index (χ4n) is 3.50. The Morgan fingerprint density at radius 1 is 1.15 bits per heavy atom. The Hall–Kier alpha value is -2.75. The number of nitrogens with zero attached hydrogens (tertiary/aromatic N) is 4. The number of aromatic nitrogens is 4. The van der Waals surface area contributed by atoms with Gasteiger partial charge in [-0.3, -0.25) is 9.36 Å². The van der Waals surface area contributed by atoms with Crippen LogP contribution in [0.1, 0.15) is 35.4 Å². The van der Waals surface area contributed by atoms with Crippen LogP contribution in [0.5, 0.6) is 0 Å². The van der Waals surface area contributed by atoms with Crippen LogP contribution < -0.4 is 5.56 Å². The van der Waals surface area contributed by atoms with Crippen molar-refractivity contribution in [3.63, 3.8) is 0 Å². The molecule has 5 aromatic rings. The summed E-state index contributed by atoms with van der Waals surface area (Å²) in [4.78, 5) is 21.2. The minimum absolute atomic E-state index is 0.00591. The highest BCUT2D eigenvalue weighted by molar-refractivity contribution is 7.99. The summed E-state index contributed by atoms with van der Waals surface area (Å²) in [5.41, 5.74) is 1.19. The van der Waals surface area contributed by atoms with Crippen LogP contribution in [0.3, 0.4) is 0 Å². The van der Waals surface area contributed by atoms with Gasteiger partial charge in [-0.25, -0.2) is 4.98 Å². The maximum absolute atomic E-state index is 13.4. The third kappa shape index (κ3) is 4.66. The van der Waals surface area contributed by atoms with Crippen molar-refractivity contribution < 1.29 is 4.42 Å². The molecule has 1 aromatic carbocycles. The fourth-order valence-corrected chi connectivity index (χ4v) is 6.12. The molecule has 5 rings (SSSR count). The van der Waals surface area contributed by atoms with E-state index in [9.17, 15) is 4.79 Å². The highest BCUT2D eigenvalue weighted by Gasteiger charge is 2.21. The molecular formula is C24H22N4O2S3. The predicted molar refractivity (Wildman–Crippen MR) is 135 cm³/mol. The summed E-state index contributed by atoms with van der Waals surface area (Å²) in [7, 11) is 0. The molecule has 6 nitrogen and oxygen atoms in total. The quantitative estimate of drug-likeness (QED) is 0.188. The smallest absolute Gasteiger partial charge is 0.262 e. The lowest BCUT2D eigenvalue weighted by atomic mass is 10.1. The van der Waals surface area contributed by atoms with E-state index in [1.165, 1.54) is 17.3 Å². The van der Waals surface area contributed by atoms with E-state index in [4.69, 9.17) is 9.40 Å².